The van der Waals surface area contributed by atoms with E-state index < -0.39 is 0 Å². The van der Waals surface area contributed by atoms with Crippen LogP contribution in [0.5, 0.6) is 0 Å². The summed E-state index contributed by atoms with van der Waals surface area (Å²) in [4.78, 5) is 28.2. The lowest BCUT2D eigenvalue weighted by Gasteiger charge is -2.42. The molecule has 2 aromatic rings. The van der Waals surface area contributed by atoms with Gasteiger partial charge >= 0.3 is 0 Å². The van der Waals surface area contributed by atoms with E-state index in [1.807, 2.05) is 12.1 Å². The van der Waals surface area contributed by atoms with Crippen molar-refractivity contribution >= 4 is 22.6 Å². The molecule has 1 heterocycles. The number of imide groups is 1. The minimum Gasteiger partial charge on any atom is -0.271 e. The first-order valence-electron chi connectivity index (χ1n) is 9.53. The van der Waals surface area contributed by atoms with E-state index in [2.05, 4.69) is 26.0 Å². The van der Waals surface area contributed by atoms with E-state index in [9.17, 15) is 9.59 Å². The number of hydrogen-bond acceptors (Lipinski definition) is 2. The zero-order valence-corrected chi connectivity index (χ0v) is 14.8. The number of rotatable bonds is 1. The topological polar surface area (TPSA) is 37.4 Å². The third-order valence-electron chi connectivity index (χ3n) is 6.89. The third-order valence-corrected chi connectivity index (χ3v) is 6.89. The lowest BCUT2D eigenvalue weighted by Crippen LogP contribution is -2.52. The van der Waals surface area contributed by atoms with E-state index in [4.69, 9.17) is 0 Å². The number of hydrogen-bond donors (Lipinski definition) is 0. The van der Waals surface area contributed by atoms with Crippen LogP contribution in [-0.4, -0.2) is 22.8 Å². The fourth-order valence-corrected chi connectivity index (χ4v) is 5.26. The SMILES string of the molecule is C[C@H]1[C@H](C)CCC[C@H]1N1C(=O)c2ccc3c4c(ccc(c24)C1=O)CC3. The summed E-state index contributed by atoms with van der Waals surface area (Å²) in [6.07, 6.45) is 5.23. The molecule has 25 heavy (non-hydrogen) atoms. The molecule has 1 saturated carbocycles. The molecule has 5 rings (SSSR count). The zero-order chi connectivity index (χ0) is 17.3. The van der Waals surface area contributed by atoms with Gasteiger partial charge in [0.1, 0.15) is 0 Å². The molecule has 0 aromatic heterocycles. The Labute approximate surface area is 148 Å². The van der Waals surface area contributed by atoms with E-state index in [0.29, 0.717) is 11.8 Å². The summed E-state index contributed by atoms with van der Waals surface area (Å²) >= 11 is 0. The van der Waals surface area contributed by atoms with Gasteiger partial charge < -0.3 is 0 Å². The van der Waals surface area contributed by atoms with Gasteiger partial charge in [0, 0.05) is 22.6 Å². The first-order valence-corrected chi connectivity index (χ1v) is 9.53. The number of nitrogens with zero attached hydrogens (tertiary/aromatic N) is 1. The smallest absolute Gasteiger partial charge is 0.261 e. The largest absolute Gasteiger partial charge is 0.271 e. The molecule has 0 spiro atoms. The van der Waals surface area contributed by atoms with Gasteiger partial charge in [-0.25, -0.2) is 0 Å². The van der Waals surface area contributed by atoms with Crippen molar-refractivity contribution in [2.45, 2.75) is 52.0 Å². The Bertz CT molecular complexity index is 871. The van der Waals surface area contributed by atoms with Gasteiger partial charge in [-0.2, -0.15) is 0 Å². The van der Waals surface area contributed by atoms with Crippen molar-refractivity contribution in [2.24, 2.45) is 11.8 Å². The summed E-state index contributed by atoms with van der Waals surface area (Å²) in [5, 5.41) is 2.08. The molecular weight excluding hydrogens is 310 g/mol. The Balaban J connectivity index is 1.69. The normalized spacial score (nSPS) is 28.1. The fraction of sp³-hybridized carbons (Fsp3) is 0.455. The van der Waals surface area contributed by atoms with Gasteiger partial charge in [-0.3, -0.25) is 14.5 Å². The highest BCUT2D eigenvalue weighted by molar-refractivity contribution is 6.26. The Kier molecular flexibility index (Phi) is 3.13. The van der Waals surface area contributed by atoms with Crippen LogP contribution in [-0.2, 0) is 12.8 Å². The monoisotopic (exact) mass is 333 g/mol. The Morgan fingerprint density at radius 2 is 1.44 bits per heavy atom. The van der Waals surface area contributed by atoms with Crippen molar-refractivity contribution < 1.29 is 9.59 Å². The molecular formula is C22H23NO2. The van der Waals surface area contributed by atoms with Crippen molar-refractivity contribution in [3.8, 4) is 0 Å². The van der Waals surface area contributed by atoms with E-state index in [0.717, 1.165) is 42.2 Å². The Morgan fingerprint density at radius 1 is 0.840 bits per heavy atom. The average Bonchev–Trinajstić information content (AvgIpc) is 3.03. The highest BCUT2D eigenvalue weighted by Crippen LogP contribution is 2.41. The van der Waals surface area contributed by atoms with Gasteiger partial charge in [0.25, 0.3) is 11.8 Å². The minimum atomic E-state index is -0.0842. The highest BCUT2D eigenvalue weighted by atomic mass is 16.2. The summed E-state index contributed by atoms with van der Waals surface area (Å²) in [5.74, 6) is 0.735. The van der Waals surface area contributed by atoms with Crippen LogP contribution in [0.25, 0.3) is 10.8 Å². The summed E-state index contributed by atoms with van der Waals surface area (Å²) in [6, 6.07) is 8.12. The average molecular weight is 333 g/mol. The molecule has 128 valence electrons. The van der Waals surface area contributed by atoms with E-state index >= 15 is 0 Å². The first kappa shape index (κ1) is 15.1. The number of carbonyl (C=O) groups excluding carboxylic acids is 2. The quantitative estimate of drug-likeness (QED) is 0.727. The molecule has 0 N–H and O–H groups in total. The lowest BCUT2D eigenvalue weighted by atomic mass is 9.76. The summed E-state index contributed by atoms with van der Waals surface area (Å²) in [7, 11) is 0. The second-order valence-corrected chi connectivity index (χ2v) is 8.11. The molecule has 1 fully saturated rings. The number of carbonyl (C=O) groups is 2. The molecule has 2 amide bonds. The van der Waals surface area contributed by atoms with Gasteiger partial charge in [-0.15, -0.1) is 0 Å². The molecule has 3 nitrogen and oxygen atoms in total. The molecule has 0 unspecified atom stereocenters. The number of amides is 2. The molecule has 2 aromatic carbocycles. The molecule has 0 radical (unpaired) electrons. The van der Waals surface area contributed by atoms with Crippen molar-refractivity contribution in [3.63, 3.8) is 0 Å². The molecule has 0 saturated heterocycles. The number of aryl methyl sites for hydroxylation is 2. The summed E-state index contributed by atoms with van der Waals surface area (Å²) in [5.41, 5.74) is 4.01. The minimum absolute atomic E-state index is 0.0245. The molecule has 2 aliphatic carbocycles. The second-order valence-electron chi connectivity index (χ2n) is 8.11. The van der Waals surface area contributed by atoms with Crippen molar-refractivity contribution in [2.75, 3.05) is 0 Å². The van der Waals surface area contributed by atoms with Crippen molar-refractivity contribution in [1.82, 2.24) is 4.90 Å². The zero-order valence-electron chi connectivity index (χ0n) is 14.8. The van der Waals surface area contributed by atoms with Gasteiger partial charge in [0.05, 0.1) is 0 Å². The van der Waals surface area contributed by atoms with Crippen LogP contribution in [0.3, 0.4) is 0 Å². The lowest BCUT2D eigenvalue weighted by molar-refractivity contribution is 0.0385. The maximum absolute atomic E-state index is 13.3. The van der Waals surface area contributed by atoms with Crippen LogP contribution in [0.4, 0.5) is 0 Å². The summed E-state index contributed by atoms with van der Waals surface area (Å²) < 4.78 is 0. The van der Waals surface area contributed by atoms with Crippen molar-refractivity contribution in [1.29, 1.82) is 0 Å². The maximum atomic E-state index is 13.3. The fourth-order valence-electron chi connectivity index (χ4n) is 5.26. The molecule has 3 atom stereocenters. The Morgan fingerprint density at radius 3 is 2.04 bits per heavy atom. The van der Waals surface area contributed by atoms with E-state index in [1.165, 1.54) is 22.9 Å². The molecule has 3 aliphatic rings. The van der Waals surface area contributed by atoms with Crippen LogP contribution < -0.4 is 0 Å². The van der Waals surface area contributed by atoms with Crippen molar-refractivity contribution in [3.05, 3.63) is 46.5 Å². The van der Waals surface area contributed by atoms with Crippen LogP contribution >= 0.6 is 0 Å². The first-order chi connectivity index (χ1) is 12.1. The van der Waals surface area contributed by atoms with Crippen LogP contribution in [0.1, 0.15) is 65.0 Å². The second kappa shape index (κ2) is 5.17. The predicted octanol–water partition coefficient (Wildman–Crippen LogP) is 4.36. The highest BCUT2D eigenvalue weighted by Gasteiger charge is 2.42. The van der Waals surface area contributed by atoms with Crippen LogP contribution in [0.15, 0.2) is 24.3 Å². The van der Waals surface area contributed by atoms with Crippen LogP contribution in [0.2, 0.25) is 0 Å². The standard InChI is InChI=1S/C22H23NO2/c1-12-4-3-5-18(13(12)2)23-21(24)16-10-8-14-6-7-15-9-11-17(22(23)25)20(16)19(14)15/h8-13,18H,3-7H2,1-2H3/t12-,13+,18-/m1/s1. The van der Waals surface area contributed by atoms with E-state index in [-0.39, 0.29) is 17.9 Å². The molecule has 1 aliphatic heterocycles. The van der Waals surface area contributed by atoms with Gasteiger partial charge in [0.2, 0.25) is 0 Å². The molecule has 0 bridgehead atoms. The maximum Gasteiger partial charge on any atom is 0.261 e. The number of benzene rings is 2. The van der Waals surface area contributed by atoms with Gasteiger partial charge in [0.15, 0.2) is 0 Å². The molecule has 3 heteroatoms. The third kappa shape index (κ3) is 1.92. The summed E-state index contributed by atoms with van der Waals surface area (Å²) in [6.45, 7) is 4.44. The van der Waals surface area contributed by atoms with Gasteiger partial charge in [-0.1, -0.05) is 38.8 Å². The van der Waals surface area contributed by atoms with E-state index in [1.54, 1.807) is 4.90 Å². The Hall–Kier alpha value is -2.16. The van der Waals surface area contributed by atoms with Gasteiger partial charge in [-0.05, 0) is 59.7 Å². The van der Waals surface area contributed by atoms with Crippen LogP contribution in [0, 0.1) is 11.8 Å². The predicted molar refractivity (Wildman–Crippen MR) is 97.8 cm³/mol.